The van der Waals surface area contributed by atoms with Crippen LogP contribution in [0.1, 0.15) is 19.8 Å². The number of piperidine rings is 1. The van der Waals surface area contributed by atoms with Crippen LogP contribution in [0.2, 0.25) is 0 Å². The minimum absolute atomic E-state index is 0.204. The zero-order valence-corrected chi connectivity index (χ0v) is 15.1. The monoisotopic (exact) mass is 380 g/mol. The summed E-state index contributed by atoms with van der Waals surface area (Å²) in [5.41, 5.74) is 1.98. The molecular formula is C20H23F3N2O2. The minimum atomic E-state index is -4.67. The van der Waals surface area contributed by atoms with Gasteiger partial charge in [-0.25, -0.2) is 0 Å². The molecule has 1 heterocycles. The molecule has 146 valence electrons. The predicted octanol–water partition coefficient (Wildman–Crippen LogP) is 4.79. The van der Waals surface area contributed by atoms with E-state index in [-0.39, 0.29) is 11.5 Å². The molecule has 7 heteroatoms. The topological polar surface area (TPSA) is 35.9 Å². The van der Waals surface area contributed by atoms with Crippen molar-refractivity contribution in [2.75, 3.05) is 29.4 Å². The smallest absolute Gasteiger partial charge is 0.508 e. The molecule has 2 aromatic carbocycles. The molecule has 0 saturated carbocycles. The SMILES string of the molecule is CCN(c1ccc(OC(F)(F)F)cc1)C1CCN(c2ccc(O)cc2)CC1. The third-order valence-electron chi connectivity index (χ3n) is 4.86. The summed E-state index contributed by atoms with van der Waals surface area (Å²) in [4.78, 5) is 4.51. The molecule has 0 atom stereocenters. The van der Waals surface area contributed by atoms with E-state index in [1.807, 2.05) is 19.1 Å². The van der Waals surface area contributed by atoms with Crippen LogP contribution in [0, 0.1) is 0 Å². The molecule has 1 fully saturated rings. The van der Waals surface area contributed by atoms with Crippen LogP contribution < -0.4 is 14.5 Å². The first-order valence-electron chi connectivity index (χ1n) is 9.02. The van der Waals surface area contributed by atoms with Crippen LogP contribution in [0.5, 0.6) is 11.5 Å². The maximum atomic E-state index is 12.3. The largest absolute Gasteiger partial charge is 0.573 e. The Hall–Kier alpha value is -2.57. The maximum absolute atomic E-state index is 12.3. The fourth-order valence-corrected chi connectivity index (χ4v) is 3.59. The minimum Gasteiger partial charge on any atom is -0.508 e. The molecule has 4 nitrogen and oxygen atoms in total. The number of alkyl halides is 3. The molecule has 0 aliphatic carbocycles. The fraction of sp³-hybridized carbons (Fsp3) is 0.400. The lowest BCUT2D eigenvalue weighted by Crippen LogP contribution is -2.45. The van der Waals surface area contributed by atoms with E-state index in [0.29, 0.717) is 6.04 Å². The second kappa shape index (κ2) is 7.98. The molecule has 0 bridgehead atoms. The highest BCUT2D eigenvalue weighted by Crippen LogP contribution is 2.29. The first-order valence-corrected chi connectivity index (χ1v) is 9.02. The summed E-state index contributed by atoms with van der Waals surface area (Å²) in [6.45, 7) is 4.61. The quantitative estimate of drug-likeness (QED) is 0.809. The molecule has 0 radical (unpaired) electrons. The molecule has 0 spiro atoms. The van der Waals surface area contributed by atoms with Gasteiger partial charge in [-0.05, 0) is 68.3 Å². The lowest BCUT2D eigenvalue weighted by Gasteiger charge is -2.40. The van der Waals surface area contributed by atoms with Gasteiger partial charge >= 0.3 is 6.36 Å². The van der Waals surface area contributed by atoms with E-state index in [0.717, 1.165) is 43.9 Å². The van der Waals surface area contributed by atoms with Crippen molar-refractivity contribution < 1.29 is 23.0 Å². The molecule has 3 rings (SSSR count). The molecule has 1 saturated heterocycles. The number of hydrogen-bond donors (Lipinski definition) is 1. The molecule has 27 heavy (non-hydrogen) atoms. The summed E-state index contributed by atoms with van der Waals surface area (Å²) in [6.07, 6.45) is -2.77. The highest BCUT2D eigenvalue weighted by Gasteiger charge is 2.31. The lowest BCUT2D eigenvalue weighted by molar-refractivity contribution is -0.274. The Kier molecular flexibility index (Phi) is 5.68. The third-order valence-corrected chi connectivity index (χ3v) is 4.86. The molecule has 1 aliphatic rings. The summed E-state index contributed by atoms with van der Waals surface area (Å²) >= 11 is 0. The van der Waals surface area contributed by atoms with Gasteiger partial charge in [0.25, 0.3) is 0 Å². The van der Waals surface area contributed by atoms with Crippen molar-refractivity contribution >= 4 is 11.4 Å². The molecule has 0 aromatic heterocycles. The number of nitrogens with zero attached hydrogens (tertiary/aromatic N) is 2. The Balaban J connectivity index is 1.62. The lowest BCUT2D eigenvalue weighted by atomic mass is 10.0. The average Bonchev–Trinajstić information content (AvgIpc) is 2.64. The molecular weight excluding hydrogens is 357 g/mol. The Bertz CT molecular complexity index is 724. The number of benzene rings is 2. The van der Waals surface area contributed by atoms with Crippen LogP contribution in [0.3, 0.4) is 0 Å². The highest BCUT2D eigenvalue weighted by atomic mass is 19.4. The van der Waals surface area contributed by atoms with Gasteiger partial charge in [-0.1, -0.05) is 0 Å². The third kappa shape index (κ3) is 4.99. The van der Waals surface area contributed by atoms with Gasteiger partial charge in [0.1, 0.15) is 11.5 Å². The van der Waals surface area contributed by atoms with E-state index in [9.17, 15) is 18.3 Å². The van der Waals surface area contributed by atoms with Gasteiger partial charge in [0.2, 0.25) is 0 Å². The van der Waals surface area contributed by atoms with Crippen molar-refractivity contribution in [1.29, 1.82) is 0 Å². The van der Waals surface area contributed by atoms with Crippen molar-refractivity contribution in [3.63, 3.8) is 0 Å². The maximum Gasteiger partial charge on any atom is 0.573 e. The van der Waals surface area contributed by atoms with Crippen LogP contribution in [0.15, 0.2) is 48.5 Å². The van der Waals surface area contributed by atoms with Gasteiger partial charge in [0, 0.05) is 37.1 Å². The Labute approximate surface area is 156 Å². The number of halogens is 3. The van der Waals surface area contributed by atoms with Gasteiger partial charge in [0.05, 0.1) is 0 Å². The van der Waals surface area contributed by atoms with Gasteiger partial charge < -0.3 is 19.6 Å². The number of phenolic OH excluding ortho intramolecular Hbond substituents is 1. The molecule has 0 unspecified atom stereocenters. The molecule has 2 aromatic rings. The van der Waals surface area contributed by atoms with E-state index >= 15 is 0 Å². The number of rotatable bonds is 5. The van der Waals surface area contributed by atoms with Crippen LogP contribution in [-0.4, -0.2) is 37.1 Å². The Morgan fingerprint density at radius 2 is 1.63 bits per heavy atom. The van der Waals surface area contributed by atoms with Crippen LogP contribution in [0.4, 0.5) is 24.5 Å². The zero-order valence-electron chi connectivity index (χ0n) is 15.1. The fourth-order valence-electron chi connectivity index (χ4n) is 3.59. The molecule has 0 amide bonds. The molecule has 1 aliphatic heterocycles. The predicted molar refractivity (Wildman–Crippen MR) is 99.5 cm³/mol. The van der Waals surface area contributed by atoms with Crippen LogP contribution in [-0.2, 0) is 0 Å². The normalized spacial score (nSPS) is 15.6. The van der Waals surface area contributed by atoms with Crippen molar-refractivity contribution in [3.05, 3.63) is 48.5 Å². The summed E-state index contributed by atoms with van der Waals surface area (Å²) in [6, 6.07) is 13.6. The van der Waals surface area contributed by atoms with Crippen molar-refractivity contribution in [3.8, 4) is 11.5 Å². The first-order chi connectivity index (χ1) is 12.9. The van der Waals surface area contributed by atoms with Crippen molar-refractivity contribution in [2.24, 2.45) is 0 Å². The van der Waals surface area contributed by atoms with Gasteiger partial charge in [-0.2, -0.15) is 0 Å². The summed E-state index contributed by atoms with van der Waals surface area (Å²) in [5, 5.41) is 9.41. The van der Waals surface area contributed by atoms with E-state index in [4.69, 9.17) is 0 Å². The summed E-state index contributed by atoms with van der Waals surface area (Å²) in [7, 11) is 0. The second-order valence-corrected chi connectivity index (χ2v) is 6.56. The van der Waals surface area contributed by atoms with E-state index in [1.54, 1.807) is 24.3 Å². The van der Waals surface area contributed by atoms with E-state index in [2.05, 4.69) is 14.5 Å². The Morgan fingerprint density at radius 1 is 1.04 bits per heavy atom. The van der Waals surface area contributed by atoms with Gasteiger partial charge in [-0.3, -0.25) is 0 Å². The average molecular weight is 380 g/mol. The Morgan fingerprint density at radius 3 is 2.15 bits per heavy atom. The van der Waals surface area contributed by atoms with Crippen LogP contribution >= 0.6 is 0 Å². The first kappa shape index (κ1) is 19.2. The second-order valence-electron chi connectivity index (χ2n) is 6.56. The van der Waals surface area contributed by atoms with Crippen LogP contribution in [0.25, 0.3) is 0 Å². The van der Waals surface area contributed by atoms with E-state index < -0.39 is 6.36 Å². The number of phenols is 1. The summed E-state index contributed by atoms with van der Waals surface area (Å²) in [5.74, 6) is 0.0493. The van der Waals surface area contributed by atoms with Crippen molar-refractivity contribution in [1.82, 2.24) is 0 Å². The molecule has 1 N–H and O–H groups in total. The van der Waals surface area contributed by atoms with E-state index in [1.165, 1.54) is 12.1 Å². The highest BCUT2D eigenvalue weighted by molar-refractivity contribution is 5.52. The number of ether oxygens (including phenoxy) is 1. The number of hydrogen-bond acceptors (Lipinski definition) is 4. The standard InChI is InChI=1S/C20H23F3N2O2/c1-2-25(16-5-9-19(10-6-16)27-20(21,22)23)17-11-13-24(14-12-17)15-3-7-18(26)8-4-15/h3-10,17,26H,2,11-14H2,1H3. The van der Waals surface area contributed by atoms with Gasteiger partial charge in [0.15, 0.2) is 0 Å². The number of aromatic hydroxyl groups is 1. The van der Waals surface area contributed by atoms with Crippen molar-refractivity contribution in [2.45, 2.75) is 32.2 Å². The van der Waals surface area contributed by atoms with Gasteiger partial charge in [-0.15, -0.1) is 13.2 Å². The number of anilines is 2. The zero-order chi connectivity index (χ0) is 19.4. The summed E-state index contributed by atoms with van der Waals surface area (Å²) < 4.78 is 40.9.